The lowest BCUT2D eigenvalue weighted by Gasteiger charge is -2.21. The number of benzene rings is 1. The number of carbonyl (C=O) groups excluding carboxylic acids is 1. The second-order valence-corrected chi connectivity index (χ2v) is 5.07. The van der Waals surface area contributed by atoms with Crippen LogP contribution in [-0.4, -0.2) is 11.9 Å². The molecular weight excluding hydrogens is 248 g/mol. The SMILES string of the molecule is CC[C@H](C)[C@H](N)C(=O)NC(C)c1ccccc1Cl. The van der Waals surface area contributed by atoms with Crippen molar-refractivity contribution in [2.75, 3.05) is 0 Å². The summed E-state index contributed by atoms with van der Waals surface area (Å²) in [4.78, 5) is 12.0. The van der Waals surface area contributed by atoms with Crippen LogP contribution in [0.5, 0.6) is 0 Å². The van der Waals surface area contributed by atoms with Gasteiger partial charge in [0.1, 0.15) is 0 Å². The number of amides is 1. The lowest BCUT2D eigenvalue weighted by Crippen LogP contribution is -2.45. The third-order valence-electron chi connectivity index (χ3n) is 3.29. The van der Waals surface area contributed by atoms with Crippen molar-refractivity contribution < 1.29 is 4.79 Å². The molecule has 0 bridgehead atoms. The molecule has 18 heavy (non-hydrogen) atoms. The molecule has 0 aliphatic heterocycles. The third kappa shape index (κ3) is 3.72. The number of carbonyl (C=O) groups is 1. The average molecular weight is 269 g/mol. The topological polar surface area (TPSA) is 55.1 Å². The van der Waals surface area contributed by atoms with E-state index in [2.05, 4.69) is 5.32 Å². The van der Waals surface area contributed by atoms with Gasteiger partial charge in [-0.15, -0.1) is 0 Å². The zero-order valence-corrected chi connectivity index (χ0v) is 11.9. The van der Waals surface area contributed by atoms with Gasteiger partial charge in [-0.1, -0.05) is 50.1 Å². The van der Waals surface area contributed by atoms with Gasteiger partial charge in [0.25, 0.3) is 0 Å². The largest absolute Gasteiger partial charge is 0.348 e. The summed E-state index contributed by atoms with van der Waals surface area (Å²) in [6.07, 6.45) is 0.884. The molecule has 1 unspecified atom stereocenters. The Balaban J connectivity index is 2.68. The van der Waals surface area contributed by atoms with Crippen LogP contribution in [0.4, 0.5) is 0 Å². The van der Waals surface area contributed by atoms with Crippen LogP contribution in [0.1, 0.15) is 38.8 Å². The van der Waals surface area contributed by atoms with Crippen LogP contribution in [0, 0.1) is 5.92 Å². The first-order valence-electron chi connectivity index (χ1n) is 6.27. The van der Waals surface area contributed by atoms with Crippen molar-refractivity contribution in [3.63, 3.8) is 0 Å². The van der Waals surface area contributed by atoms with E-state index in [9.17, 15) is 4.79 Å². The van der Waals surface area contributed by atoms with Gasteiger partial charge in [-0.25, -0.2) is 0 Å². The van der Waals surface area contributed by atoms with Crippen LogP contribution in [-0.2, 0) is 4.79 Å². The standard InChI is InChI=1S/C14H21ClN2O/c1-4-9(2)13(16)14(18)17-10(3)11-7-5-6-8-12(11)15/h5-10,13H,4,16H2,1-3H3,(H,17,18)/t9-,10?,13-/m0/s1. The molecule has 0 saturated heterocycles. The fourth-order valence-electron chi connectivity index (χ4n) is 1.73. The predicted molar refractivity (Wildman–Crippen MR) is 75.4 cm³/mol. The van der Waals surface area contributed by atoms with E-state index in [1.54, 1.807) is 0 Å². The number of nitrogens with two attached hydrogens (primary N) is 1. The molecule has 1 aromatic carbocycles. The molecular formula is C14H21ClN2O. The van der Waals surface area contributed by atoms with E-state index in [0.29, 0.717) is 5.02 Å². The summed E-state index contributed by atoms with van der Waals surface area (Å²) in [5, 5.41) is 3.56. The Labute approximate surface area is 114 Å². The second kappa shape index (κ2) is 6.76. The first kappa shape index (κ1) is 15.0. The van der Waals surface area contributed by atoms with E-state index in [0.717, 1.165) is 12.0 Å². The molecule has 0 heterocycles. The van der Waals surface area contributed by atoms with Gasteiger partial charge in [0.15, 0.2) is 0 Å². The molecule has 3 N–H and O–H groups in total. The summed E-state index contributed by atoms with van der Waals surface area (Å²) >= 11 is 6.09. The van der Waals surface area contributed by atoms with Gasteiger partial charge in [0.2, 0.25) is 5.91 Å². The van der Waals surface area contributed by atoms with Crippen molar-refractivity contribution in [2.24, 2.45) is 11.7 Å². The van der Waals surface area contributed by atoms with Crippen molar-refractivity contribution in [3.05, 3.63) is 34.9 Å². The zero-order valence-electron chi connectivity index (χ0n) is 11.1. The van der Waals surface area contributed by atoms with Gasteiger partial charge in [-0.05, 0) is 24.5 Å². The van der Waals surface area contributed by atoms with Crippen LogP contribution in [0.2, 0.25) is 5.02 Å². The number of rotatable bonds is 5. The number of halogens is 1. The number of hydrogen-bond acceptors (Lipinski definition) is 2. The Bertz CT molecular complexity index is 409. The third-order valence-corrected chi connectivity index (χ3v) is 3.63. The molecule has 0 spiro atoms. The Hall–Kier alpha value is -1.06. The Morgan fingerprint density at radius 3 is 2.56 bits per heavy atom. The molecule has 4 heteroatoms. The number of nitrogens with one attached hydrogen (secondary N) is 1. The van der Waals surface area contributed by atoms with Gasteiger partial charge in [-0.3, -0.25) is 4.79 Å². The Morgan fingerprint density at radius 1 is 1.39 bits per heavy atom. The van der Waals surface area contributed by atoms with Gasteiger partial charge in [0, 0.05) is 5.02 Å². The second-order valence-electron chi connectivity index (χ2n) is 4.66. The maximum Gasteiger partial charge on any atom is 0.237 e. The van der Waals surface area contributed by atoms with E-state index >= 15 is 0 Å². The van der Waals surface area contributed by atoms with Crippen LogP contribution in [0.3, 0.4) is 0 Å². The first-order chi connectivity index (χ1) is 8.47. The van der Waals surface area contributed by atoms with Crippen LogP contribution in [0.15, 0.2) is 24.3 Å². The molecule has 0 saturated carbocycles. The van der Waals surface area contributed by atoms with E-state index in [1.165, 1.54) is 0 Å². The van der Waals surface area contributed by atoms with E-state index in [-0.39, 0.29) is 17.9 Å². The highest BCUT2D eigenvalue weighted by molar-refractivity contribution is 6.31. The molecule has 0 fully saturated rings. The fraction of sp³-hybridized carbons (Fsp3) is 0.500. The van der Waals surface area contributed by atoms with Crippen molar-refractivity contribution >= 4 is 17.5 Å². The van der Waals surface area contributed by atoms with Gasteiger partial charge < -0.3 is 11.1 Å². The molecule has 0 radical (unpaired) electrons. The highest BCUT2D eigenvalue weighted by atomic mass is 35.5. The minimum atomic E-state index is -0.472. The molecule has 0 aromatic heterocycles. The van der Waals surface area contributed by atoms with Crippen molar-refractivity contribution in [1.29, 1.82) is 0 Å². The quantitative estimate of drug-likeness (QED) is 0.863. The molecule has 0 aliphatic carbocycles. The molecule has 1 rings (SSSR count). The lowest BCUT2D eigenvalue weighted by molar-refractivity contribution is -0.124. The fourth-order valence-corrected chi connectivity index (χ4v) is 2.03. The zero-order chi connectivity index (χ0) is 13.7. The monoisotopic (exact) mass is 268 g/mol. The first-order valence-corrected chi connectivity index (χ1v) is 6.65. The average Bonchev–Trinajstić information content (AvgIpc) is 2.37. The van der Waals surface area contributed by atoms with Crippen LogP contribution in [0.25, 0.3) is 0 Å². The summed E-state index contributed by atoms with van der Waals surface area (Å²) in [6.45, 7) is 5.90. The van der Waals surface area contributed by atoms with Crippen molar-refractivity contribution in [1.82, 2.24) is 5.32 Å². The molecule has 0 aliphatic rings. The van der Waals surface area contributed by atoms with Gasteiger partial charge in [0.05, 0.1) is 12.1 Å². The molecule has 1 aromatic rings. The molecule has 1 amide bonds. The van der Waals surface area contributed by atoms with Crippen LogP contribution < -0.4 is 11.1 Å². The lowest BCUT2D eigenvalue weighted by atomic mass is 9.98. The molecule has 3 atom stereocenters. The Kier molecular flexibility index (Phi) is 5.63. The van der Waals surface area contributed by atoms with E-state index in [4.69, 9.17) is 17.3 Å². The summed E-state index contributed by atoms with van der Waals surface area (Å²) in [5.41, 5.74) is 6.80. The van der Waals surface area contributed by atoms with Crippen molar-refractivity contribution in [2.45, 2.75) is 39.3 Å². The molecule has 100 valence electrons. The predicted octanol–water partition coefficient (Wildman–Crippen LogP) is 2.89. The normalized spacial score (nSPS) is 15.8. The molecule has 3 nitrogen and oxygen atoms in total. The summed E-state index contributed by atoms with van der Waals surface area (Å²) < 4.78 is 0. The number of hydrogen-bond donors (Lipinski definition) is 2. The highest BCUT2D eigenvalue weighted by Gasteiger charge is 2.21. The summed E-state index contributed by atoms with van der Waals surface area (Å²) in [5.74, 6) is 0.0419. The van der Waals surface area contributed by atoms with Crippen molar-refractivity contribution in [3.8, 4) is 0 Å². The minimum absolute atomic E-state index is 0.128. The summed E-state index contributed by atoms with van der Waals surface area (Å²) in [6, 6.07) is 6.88. The Morgan fingerprint density at radius 2 is 2.00 bits per heavy atom. The maximum atomic E-state index is 12.0. The summed E-state index contributed by atoms with van der Waals surface area (Å²) in [7, 11) is 0. The smallest absolute Gasteiger partial charge is 0.237 e. The maximum absolute atomic E-state index is 12.0. The van der Waals surface area contributed by atoms with Gasteiger partial charge in [-0.2, -0.15) is 0 Å². The van der Waals surface area contributed by atoms with E-state index in [1.807, 2.05) is 45.0 Å². The highest BCUT2D eigenvalue weighted by Crippen LogP contribution is 2.22. The van der Waals surface area contributed by atoms with E-state index < -0.39 is 6.04 Å². The van der Waals surface area contributed by atoms with Gasteiger partial charge >= 0.3 is 0 Å². The van der Waals surface area contributed by atoms with Crippen LogP contribution >= 0.6 is 11.6 Å². The minimum Gasteiger partial charge on any atom is -0.348 e.